The van der Waals surface area contributed by atoms with Gasteiger partial charge in [0.25, 0.3) is 5.91 Å². The molecule has 0 unspecified atom stereocenters. The van der Waals surface area contributed by atoms with Gasteiger partial charge in [-0.3, -0.25) is 4.79 Å². The molecule has 0 atom stereocenters. The minimum atomic E-state index is -3.67. The fraction of sp³-hybridized carbons (Fsp3) is 0.235. The summed E-state index contributed by atoms with van der Waals surface area (Å²) in [6, 6.07) is 9.07. The number of aryl methyl sites for hydroxylation is 1. The van der Waals surface area contributed by atoms with Crippen LogP contribution in [0.2, 0.25) is 0 Å². The number of hydrogen-bond donors (Lipinski definition) is 2. The Hall–Kier alpha value is -2.25. The summed E-state index contributed by atoms with van der Waals surface area (Å²) in [6.45, 7) is 3.44. The maximum absolute atomic E-state index is 13.6. The quantitative estimate of drug-likeness (QED) is 0.869. The fourth-order valence-electron chi connectivity index (χ4n) is 2.27. The van der Waals surface area contributed by atoms with Crippen molar-refractivity contribution in [1.82, 2.24) is 10.0 Å². The van der Waals surface area contributed by atoms with E-state index in [1.54, 1.807) is 38.1 Å². The Bertz CT molecular complexity index is 879. The number of sulfonamides is 1. The van der Waals surface area contributed by atoms with Crippen molar-refractivity contribution in [3.63, 3.8) is 0 Å². The highest BCUT2D eigenvalue weighted by molar-refractivity contribution is 7.89. The molecule has 0 aliphatic rings. The van der Waals surface area contributed by atoms with Crippen LogP contribution in [0.3, 0.4) is 0 Å². The number of halogens is 1. The first-order chi connectivity index (χ1) is 11.3. The fourth-order valence-corrected chi connectivity index (χ4v) is 3.33. The van der Waals surface area contributed by atoms with Crippen molar-refractivity contribution < 1.29 is 17.6 Å². The zero-order chi connectivity index (χ0) is 17.9. The van der Waals surface area contributed by atoms with Crippen LogP contribution in [0.15, 0.2) is 41.3 Å². The molecule has 24 heavy (non-hydrogen) atoms. The first-order valence-electron chi connectivity index (χ1n) is 7.32. The highest BCUT2D eigenvalue weighted by atomic mass is 32.2. The SMILES string of the molecule is CNS(=O)(=O)c1cc(C(=O)NCc2ccccc2F)cc(C)c1C. The molecule has 7 heteroatoms. The molecule has 0 radical (unpaired) electrons. The summed E-state index contributed by atoms with van der Waals surface area (Å²) in [7, 11) is -2.36. The summed E-state index contributed by atoms with van der Waals surface area (Å²) in [5.74, 6) is -0.870. The van der Waals surface area contributed by atoms with E-state index in [0.717, 1.165) is 0 Å². The lowest BCUT2D eigenvalue weighted by Crippen LogP contribution is -2.25. The number of benzene rings is 2. The standard InChI is InChI=1S/C17H19FN2O3S/c1-11-8-14(9-16(12(11)2)24(22,23)19-3)17(21)20-10-13-6-4-5-7-15(13)18/h4-9,19H,10H2,1-3H3,(H,20,21). The number of hydrogen-bond acceptors (Lipinski definition) is 3. The average molecular weight is 350 g/mol. The molecule has 2 aromatic carbocycles. The lowest BCUT2D eigenvalue weighted by molar-refractivity contribution is 0.0950. The zero-order valence-electron chi connectivity index (χ0n) is 13.7. The molecule has 0 heterocycles. The van der Waals surface area contributed by atoms with Crippen molar-refractivity contribution in [2.24, 2.45) is 0 Å². The smallest absolute Gasteiger partial charge is 0.251 e. The second kappa shape index (κ2) is 7.11. The molecule has 0 aromatic heterocycles. The van der Waals surface area contributed by atoms with E-state index in [1.165, 1.54) is 19.2 Å². The molecule has 0 spiro atoms. The predicted octanol–water partition coefficient (Wildman–Crippen LogP) is 2.28. The average Bonchev–Trinajstić information content (AvgIpc) is 2.56. The van der Waals surface area contributed by atoms with Crippen molar-refractivity contribution in [2.75, 3.05) is 7.05 Å². The van der Waals surface area contributed by atoms with E-state index in [2.05, 4.69) is 10.0 Å². The maximum Gasteiger partial charge on any atom is 0.251 e. The van der Waals surface area contributed by atoms with Crippen molar-refractivity contribution in [1.29, 1.82) is 0 Å². The van der Waals surface area contributed by atoms with Gasteiger partial charge in [0.15, 0.2) is 0 Å². The third kappa shape index (κ3) is 3.80. The molecule has 2 N–H and O–H groups in total. The van der Waals surface area contributed by atoms with Gasteiger partial charge in [-0.1, -0.05) is 18.2 Å². The van der Waals surface area contributed by atoms with Crippen molar-refractivity contribution in [3.05, 3.63) is 64.5 Å². The van der Waals surface area contributed by atoms with Gasteiger partial charge in [0, 0.05) is 17.7 Å². The summed E-state index contributed by atoms with van der Waals surface area (Å²) in [5.41, 5.74) is 1.83. The van der Waals surface area contributed by atoms with Crippen LogP contribution in [0, 0.1) is 19.7 Å². The van der Waals surface area contributed by atoms with Gasteiger partial charge in [0.2, 0.25) is 10.0 Å². The second-order valence-corrected chi connectivity index (χ2v) is 7.25. The first-order valence-corrected chi connectivity index (χ1v) is 8.81. The molecule has 2 aromatic rings. The Kier molecular flexibility index (Phi) is 5.36. The molecule has 0 aliphatic carbocycles. The Balaban J connectivity index is 2.29. The van der Waals surface area contributed by atoms with Crippen LogP contribution < -0.4 is 10.0 Å². The van der Waals surface area contributed by atoms with E-state index in [0.29, 0.717) is 16.7 Å². The lowest BCUT2D eigenvalue weighted by atomic mass is 10.1. The van der Waals surface area contributed by atoms with Crippen molar-refractivity contribution >= 4 is 15.9 Å². The van der Waals surface area contributed by atoms with Gasteiger partial charge in [-0.25, -0.2) is 17.5 Å². The molecule has 2 rings (SSSR count). The van der Waals surface area contributed by atoms with Crippen molar-refractivity contribution in [3.8, 4) is 0 Å². The van der Waals surface area contributed by atoms with Crippen LogP contribution in [0.25, 0.3) is 0 Å². The third-order valence-corrected chi connectivity index (χ3v) is 5.38. The highest BCUT2D eigenvalue weighted by Crippen LogP contribution is 2.21. The number of rotatable bonds is 5. The minimum Gasteiger partial charge on any atom is -0.348 e. The molecular weight excluding hydrogens is 331 g/mol. The van der Waals surface area contributed by atoms with Crippen LogP contribution in [0.5, 0.6) is 0 Å². The Morgan fingerprint density at radius 3 is 2.46 bits per heavy atom. The van der Waals surface area contributed by atoms with Crippen LogP contribution in [-0.4, -0.2) is 21.4 Å². The lowest BCUT2D eigenvalue weighted by Gasteiger charge is -2.12. The zero-order valence-corrected chi connectivity index (χ0v) is 14.5. The third-order valence-electron chi connectivity index (χ3n) is 3.84. The maximum atomic E-state index is 13.6. The molecular formula is C17H19FN2O3S. The Labute approximate surface area is 141 Å². The normalized spacial score (nSPS) is 11.3. The molecule has 0 saturated carbocycles. The number of carbonyl (C=O) groups is 1. The largest absolute Gasteiger partial charge is 0.348 e. The molecule has 0 bridgehead atoms. The van der Waals surface area contributed by atoms with E-state index in [1.807, 2.05) is 0 Å². The Morgan fingerprint density at radius 2 is 1.83 bits per heavy atom. The number of carbonyl (C=O) groups excluding carboxylic acids is 1. The van der Waals surface area contributed by atoms with Crippen LogP contribution in [0.1, 0.15) is 27.0 Å². The van der Waals surface area contributed by atoms with Gasteiger partial charge in [0.05, 0.1) is 4.90 Å². The van der Waals surface area contributed by atoms with Gasteiger partial charge in [-0.05, 0) is 50.2 Å². The molecule has 5 nitrogen and oxygen atoms in total. The van der Waals surface area contributed by atoms with Gasteiger partial charge in [0.1, 0.15) is 5.82 Å². The monoisotopic (exact) mass is 350 g/mol. The van der Waals surface area contributed by atoms with Crippen LogP contribution in [-0.2, 0) is 16.6 Å². The van der Waals surface area contributed by atoms with Gasteiger partial charge in [-0.15, -0.1) is 0 Å². The summed E-state index contributed by atoms with van der Waals surface area (Å²) >= 11 is 0. The molecule has 1 amide bonds. The summed E-state index contributed by atoms with van der Waals surface area (Å²) in [5, 5.41) is 2.61. The topological polar surface area (TPSA) is 75.3 Å². The molecule has 0 fully saturated rings. The summed E-state index contributed by atoms with van der Waals surface area (Å²) < 4.78 is 40.0. The van der Waals surface area contributed by atoms with E-state index in [9.17, 15) is 17.6 Å². The minimum absolute atomic E-state index is 0.0204. The van der Waals surface area contributed by atoms with Gasteiger partial charge in [-0.2, -0.15) is 0 Å². The van der Waals surface area contributed by atoms with Gasteiger partial charge < -0.3 is 5.32 Å². The van der Waals surface area contributed by atoms with E-state index in [-0.39, 0.29) is 17.0 Å². The van der Waals surface area contributed by atoms with Crippen LogP contribution >= 0.6 is 0 Å². The number of nitrogens with one attached hydrogen (secondary N) is 2. The van der Waals surface area contributed by atoms with Crippen LogP contribution in [0.4, 0.5) is 4.39 Å². The summed E-state index contributed by atoms with van der Waals surface area (Å²) in [4.78, 5) is 12.4. The number of amides is 1. The van der Waals surface area contributed by atoms with Gasteiger partial charge >= 0.3 is 0 Å². The highest BCUT2D eigenvalue weighted by Gasteiger charge is 2.19. The molecule has 128 valence electrons. The molecule has 0 aliphatic heterocycles. The van der Waals surface area contributed by atoms with E-state index >= 15 is 0 Å². The summed E-state index contributed by atoms with van der Waals surface area (Å²) in [6.07, 6.45) is 0. The predicted molar refractivity (Wildman–Crippen MR) is 89.7 cm³/mol. The van der Waals surface area contributed by atoms with E-state index < -0.39 is 21.7 Å². The van der Waals surface area contributed by atoms with Crippen molar-refractivity contribution in [2.45, 2.75) is 25.3 Å². The molecule has 0 saturated heterocycles. The Morgan fingerprint density at radius 1 is 1.17 bits per heavy atom. The second-order valence-electron chi connectivity index (χ2n) is 5.40. The first kappa shape index (κ1) is 18.1. The van der Waals surface area contributed by atoms with E-state index in [4.69, 9.17) is 0 Å².